The zero-order chi connectivity index (χ0) is 20.9. The summed E-state index contributed by atoms with van der Waals surface area (Å²) >= 11 is 0. The molecule has 3 aromatic carbocycles. The van der Waals surface area contributed by atoms with Crippen LogP contribution in [0.4, 0.5) is 11.4 Å². The lowest BCUT2D eigenvalue weighted by molar-refractivity contribution is -0.384. The Hall–Kier alpha value is -4.33. The number of hydrogen-bond acceptors (Lipinski definition) is 6. The van der Waals surface area contributed by atoms with Gasteiger partial charge in [0.2, 0.25) is 0 Å². The summed E-state index contributed by atoms with van der Waals surface area (Å²) in [5.74, 6) is 0.426. The Bertz CT molecular complexity index is 1190. The van der Waals surface area contributed by atoms with Crippen molar-refractivity contribution in [2.75, 3.05) is 5.32 Å². The lowest BCUT2D eigenvalue weighted by atomic mass is 10.1. The number of para-hydroxylation sites is 1. The minimum Gasteiger partial charge on any atom is -0.334 e. The van der Waals surface area contributed by atoms with E-state index in [0.29, 0.717) is 35.0 Å². The lowest BCUT2D eigenvalue weighted by Gasteiger charge is -2.08. The number of carbonyl (C=O) groups is 1. The first-order chi connectivity index (χ1) is 14.6. The van der Waals surface area contributed by atoms with Crippen molar-refractivity contribution in [1.82, 2.24) is 10.1 Å². The standard InChI is InChI=1S/C22H16N4O4/c27-21(16-10-12-17(13-11-16)26(28)29)23-19-9-5-4-8-18(19)22-24-20(25-30-22)14-15-6-2-1-3-7-15/h1-13H,14H2,(H,23,27). The third-order valence-corrected chi connectivity index (χ3v) is 4.42. The predicted molar refractivity (Wildman–Crippen MR) is 110 cm³/mol. The number of non-ortho nitro benzene ring substituents is 1. The van der Waals surface area contributed by atoms with E-state index in [1.807, 2.05) is 30.3 Å². The third kappa shape index (κ3) is 4.22. The molecule has 4 rings (SSSR count). The molecule has 0 aliphatic heterocycles. The first kappa shape index (κ1) is 19.0. The maximum Gasteiger partial charge on any atom is 0.269 e. The zero-order valence-electron chi connectivity index (χ0n) is 15.7. The molecule has 1 heterocycles. The topological polar surface area (TPSA) is 111 Å². The fourth-order valence-corrected chi connectivity index (χ4v) is 2.92. The molecule has 0 fully saturated rings. The van der Waals surface area contributed by atoms with Crippen LogP contribution in [0.25, 0.3) is 11.5 Å². The highest BCUT2D eigenvalue weighted by atomic mass is 16.6. The Morgan fingerprint density at radius 2 is 1.67 bits per heavy atom. The van der Waals surface area contributed by atoms with Crippen LogP contribution in [0.5, 0.6) is 0 Å². The maximum atomic E-state index is 12.6. The minimum atomic E-state index is -0.514. The van der Waals surface area contributed by atoms with Gasteiger partial charge in [0.15, 0.2) is 5.82 Å². The van der Waals surface area contributed by atoms with Gasteiger partial charge >= 0.3 is 0 Å². The molecule has 0 unspecified atom stereocenters. The van der Waals surface area contributed by atoms with E-state index in [1.54, 1.807) is 24.3 Å². The molecule has 1 aromatic heterocycles. The van der Waals surface area contributed by atoms with E-state index in [0.717, 1.165) is 5.56 Å². The molecule has 0 spiro atoms. The quantitative estimate of drug-likeness (QED) is 0.377. The smallest absolute Gasteiger partial charge is 0.269 e. The average molecular weight is 400 g/mol. The van der Waals surface area contributed by atoms with E-state index < -0.39 is 10.8 Å². The molecule has 8 nitrogen and oxygen atoms in total. The van der Waals surface area contributed by atoms with Gasteiger partial charge in [-0.2, -0.15) is 4.98 Å². The van der Waals surface area contributed by atoms with Crippen molar-refractivity contribution in [2.24, 2.45) is 0 Å². The first-order valence-corrected chi connectivity index (χ1v) is 9.12. The third-order valence-electron chi connectivity index (χ3n) is 4.42. The van der Waals surface area contributed by atoms with Gasteiger partial charge in [-0.05, 0) is 29.8 Å². The van der Waals surface area contributed by atoms with E-state index in [9.17, 15) is 14.9 Å². The minimum absolute atomic E-state index is 0.0799. The van der Waals surface area contributed by atoms with Crippen molar-refractivity contribution in [3.05, 3.63) is 106 Å². The van der Waals surface area contributed by atoms with E-state index in [-0.39, 0.29) is 5.69 Å². The lowest BCUT2D eigenvalue weighted by Crippen LogP contribution is -2.12. The molecular weight excluding hydrogens is 384 g/mol. The number of rotatable bonds is 6. The van der Waals surface area contributed by atoms with Crippen LogP contribution < -0.4 is 5.32 Å². The van der Waals surface area contributed by atoms with Crippen molar-refractivity contribution in [2.45, 2.75) is 6.42 Å². The second kappa shape index (κ2) is 8.36. The number of nitrogens with zero attached hydrogens (tertiary/aromatic N) is 3. The number of amides is 1. The number of hydrogen-bond donors (Lipinski definition) is 1. The molecular formula is C22H16N4O4. The van der Waals surface area contributed by atoms with Gasteiger partial charge in [0.25, 0.3) is 17.5 Å². The number of aromatic nitrogens is 2. The second-order valence-electron chi connectivity index (χ2n) is 6.48. The number of nitrogens with one attached hydrogen (secondary N) is 1. The Morgan fingerprint density at radius 3 is 2.40 bits per heavy atom. The number of nitro groups is 1. The second-order valence-corrected chi connectivity index (χ2v) is 6.48. The van der Waals surface area contributed by atoms with E-state index >= 15 is 0 Å². The molecule has 0 aliphatic carbocycles. The van der Waals surface area contributed by atoms with Gasteiger partial charge in [-0.15, -0.1) is 0 Å². The largest absolute Gasteiger partial charge is 0.334 e. The summed E-state index contributed by atoms with van der Waals surface area (Å²) in [6, 6.07) is 22.2. The molecule has 0 aliphatic rings. The molecule has 30 heavy (non-hydrogen) atoms. The van der Waals surface area contributed by atoms with Crippen LogP contribution in [0.3, 0.4) is 0 Å². The molecule has 8 heteroatoms. The fourth-order valence-electron chi connectivity index (χ4n) is 2.92. The van der Waals surface area contributed by atoms with Gasteiger partial charge in [-0.25, -0.2) is 0 Å². The highest BCUT2D eigenvalue weighted by Crippen LogP contribution is 2.27. The summed E-state index contributed by atoms with van der Waals surface area (Å²) in [5.41, 5.74) is 2.36. The Kier molecular flexibility index (Phi) is 5.29. The molecule has 1 N–H and O–H groups in total. The maximum absolute atomic E-state index is 12.6. The summed E-state index contributed by atoms with van der Waals surface area (Å²) < 4.78 is 5.41. The number of nitro benzene ring substituents is 1. The highest BCUT2D eigenvalue weighted by molar-refractivity contribution is 6.06. The zero-order valence-corrected chi connectivity index (χ0v) is 15.7. The molecule has 0 radical (unpaired) electrons. The molecule has 4 aromatic rings. The van der Waals surface area contributed by atoms with Gasteiger partial charge in [-0.1, -0.05) is 47.6 Å². The molecule has 0 saturated carbocycles. The van der Waals surface area contributed by atoms with Crippen molar-refractivity contribution >= 4 is 17.3 Å². The summed E-state index contributed by atoms with van der Waals surface area (Å²) in [5, 5.41) is 17.6. The van der Waals surface area contributed by atoms with Crippen LogP contribution in [0.2, 0.25) is 0 Å². The SMILES string of the molecule is O=C(Nc1ccccc1-c1nc(Cc2ccccc2)no1)c1ccc([N+](=O)[O-])cc1. The molecule has 0 saturated heterocycles. The average Bonchev–Trinajstić information content (AvgIpc) is 3.23. The Balaban J connectivity index is 1.54. The van der Waals surface area contributed by atoms with Crippen molar-refractivity contribution in [1.29, 1.82) is 0 Å². The Morgan fingerprint density at radius 1 is 0.967 bits per heavy atom. The van der Waals surface area contributed by atoms with Gasteiger partial charge in [0.05, 0.1) is 16.2 Å². The van der Waals surface area contributed by atoms with Crippen molar-refractivity contribution < 1.29 is 14.2 Å². The van der Waals surface area contributed by atoms with Crippen LogP contribution in [0.1, 0.15) is 21.7 Å². The van der Waals surface area contributed by atoms with E-state index in [1.165, 1.54) is 24.3 Å². The molecule has 1 amide bonds. The molecule has 0 atom stereocenters. The van der Waals surface area contributed by atoms with Gasteiger partial charge < -0.3 is 9.84 Å². The summed E-state index contributed by atoms with van der Waals surface area (Å²) in [6.07, 6.45) is 0.529. The summed E-state index contributed by atoms with van der Waals surface area (Å²) in [4.78, 5) is 27.3. The van der Waals surface area contributed by atoms with Crippen molar-refractivity contribution in [3.63, 3.8) is 0 Å². The normalized spacial score (nSPS) is 10.5. The summed E-state index contributed by atoms with van der Waals surface area (Å²) in [6.45, 7) is 0. The number of benzene rings is 3. The van der Waals surface area contributed by atoms with E-state index in [4.69, 9.17) is 4.52 Å². The van der Waals surface area contributed by atoms with Crippen LogP contribution >= 0.6 is 0 Å². The molecule has 0 bridgehead atoms. The van der Waals surface area contributed by atoms with E-state index in [2.05, 4.69) is 15.5 Å². The van der Waals surface area contributed by atoms with Crippen LogP contribution in [0, 0.1) is 10.1 Å². The van der Waals surface area contributed by atoms with Gasteiger partial charge in [0.1, 0.15) is 0 Å². The van der Waals surface area contributed by atoms with Crippen LogP contribution in [-0.4, -0.2) is 21.0 Å². The highest BCUT2D eigenvalue weighted by Gasteiger charge is 2.16. The summed E-state index contributed by atoms with van der Waals surface area (Å²) in [7, 11) is 0. The van der Waals surface area contributed by atoms with Gasteiger partial charge in [0, 0.05) is 24.1 Å². The van der Waals surface area contributed by atoms with Crippen molar-refractivity contribution in [3.8, 4) is 11.5 Å². The Labute approximate surface area is 171 Å². The number of carbonyl (C=O) groups excluding carboxylic acids is 1. The monoisotopic (exact) mass is 400 g/mol. The first-order valence-electron chi connectivity index (χ1n) is 9.12. The van der Waals surface area contributed by atoms with Gasteiger partial charge in [-0.3, -0.25) is 14.9 Å². The molecule has 148 valence electrons. The predicted octanol–water partition coefficient (Wildman–Crippen LogP) is 4.49. The van der Waals surface area contributed by atoms with Crippen LogP contribution in [-0.2, 0) is 6.42 Å². The van der Waals surface area contributed by atoms with Crippen LogP contribution in [0.15, 0.2) is 83.4 Å². The fraction of sp³-hybridized carbons (Fsp3) is 0.0455. The number of anilines is 1.